The fourth-order valence-electron chi connectivity index (χ4n) is 2.96. The summed E-state index contributed by atoms with van der Waals surface area (Å²) in [6, 6.07) is 5.79. The molecule has 0 aliphatic carbocycles. The second-order valence-corrected chi connectivity index (χ2v) is 6.41. The summed E-state index contributed by atoms with van der Waals surface area (Å²) in [5.41, 5.74) is 1.09. The van der Waals surface area contributed by atoms with Gasteiger partial charge in [0.1, 0.15) is 5.75 Å². The number of nitrogens with one attached hydrogen (secondary N) is 1. The Balaban J connectivity index is 1.94. The third-order valence-electron chi connectivity index (χ3n) is 4.23. The number of likely N-dealkylation sites (tertiary alicyclic amines) is 1. The molecule has 1 aromatic rings. The first-order chi connectivity index (χ1) is 11.7. The van der Waals surface area contributed by atoms with Gasteiger partial charge in [0.2, 0.25) is 0 Å². The van der Waals surface area contributed by atoms with Gasteiger partial charge in [-0.25, -0.2) is 0 Å². The lowest BCUT2D eigenvalue weighted by atomic mass is 10.1. The summed E-state index contributed by atoms with van der Waals surface area (Å²) in [5.74, 6) is 2.36. The molecule has 0 amide bonds. The Morgan fingerprint density at radius 3 is 2.92 bits per heavy atom. The minimum absolute atomic E-state index is 0.592. The van der Waals surface area contributed by atoms with Gasteiger partial charge in [0.25, 0.3) is 0 Å². The summed E-state index contributed by atoms with van der Waals surface area (Å²) in [7, 11) is 3.41. The van der Waals surface area contributed by atoms with Crippen molar-refractivity contribution in [3.8, 4) is 5.75 Å². The molecule has 1 N–H and O–H groups in total. The Morgan fingerprint density at radius 2 is 2.25 bits per heavy atom. The SMILES string of the molecule is CCNC(=NCCc1ccc(OC)cc1Cl)N1CCC(COC)C1. The van der Waals surface area contributed by atoms with Crippen molar-refractivity contribution in [3.63, 3.8) is 0 Å². The van der Waals surface area contributed by atoms with Crippen molar-refractivity contribution in [1.29, 1.82) is 0 Å². The zero-order valence-electron chi connectivity index (χ0n) is 14.8. The summed E-state index contributed by atoms with van der Waals surface area (Å²) in [6.45, 7) is 6.52. The topological polar surface area (TPSA) is 46.1 Å². The molecule has 1 fully saturated rings. The zero-order chi connectivity index (χ0) is 17.4. The highest BCUT2D eigenvalue weighted by Gasteiger charge is 2.24. The molecular weight excluding hydrogens is 326 g/mol. The molecule has 1 aliphatic rings. The largest absolute Gasteiger partial charge is 0.497 e. The van der Waals surface area contributed by atoms with Gasteiger partial charge in [0.15, 0.2) is 5.96 Å². The quantitative estimate of drug-likeness (QED) is 0.605. The van der Waals surface area contributed by atoms with Gasteiger partial charge in [0.05, 0.1) is 13.7 Å². The first-order valence-electron chi connectivity index (χ1n) is 8.52. The fraction of sp³-hybridized carbons (Fsp3) is 0.611. The zero-order valence-corrected chi connectivity index (χ0v) is 15.6. The van der Waals surface area contributed by atoms with Crippen LogP contribution < -0.4 is 10.1 Å². The molecule has 6 heteroatoms. The van der Waals surface area contributed by atoms with Crippen molar-refractivity contribution >= 4 is 17.6 Å². The Bertz CT molecular complexity index is 551. The van der Waals surface area contributed by atoms with Crippen LogP contribution in [0.2, 0.25) is 5.02 Å². The van der Waals surface area contributed by atoms with Crippen LogP contribution in [0.15, 0.2) is 23.2 Å². The molecule has 1 atom stereocenters. The summed E-state index contributed by atoms with van der Waals surface area (Å²) in [6.07, 6.45) is 1.97. The van der Waals surface area contributed by atoms with E-state index >= 15 is 0 Å². The molecule has 1 saturated heterocycles. The number of hydrogen-bond donors (Lipinski definition) is 1. The molecule has 0 aromatic heterocycles. The molecular formula is C18H28ClN3O2. The smallest absolute Gasteiger partial charge is 0.193 e. The van der Waals surface area contributed by atoms with Gasteiger partial charge in [-0.1, -0.05) is 17.7 Å². The Hall–Kier alpha value is -1.46. The monoisotopic (exact) mass is 353 g/mol. The number of ether oxygens (including phenoxy) is 2. The van der Waals surface area contributed by atoms with Crippen molar-refractivity contribution in [2.45, 2.75) is 19.8 Å². The predicted octanol–water partition coefficient (Wildman–Crippen LogP) is 2.82. The number of benzene rings is 1. The van der Waals surface area contributed by atoms with E-state index in [-0.39, 0.29) is 0 Å². The summed E-state index contributed by atoms with van der Waals surface area (Å²) in [5, 5.41) is 4.12. The molecule has 0 saturated carbocycles. The average molecular weight is 354 g/mol. The third kappa shape index (κ3) is 5.28. The van der Waals surface area contributed by atoms with Gasteiger partial charge < -0.3 is 19.7 Å². The number of hydrogen-bond acceptors (Lipinski definition) is 3. The molecule has 1 heterocycles. The molecule has 24 heavy (non-hydrogen) atoms. The highest BCUT2D eigenvalue weighted by molar-refractivity contribution is 6.31. The van der Waals surface area contributed by atoms with Crippen LogP contribution in [-0.4, -0.2) is 57.9 Å². The van der Waals surface area contributed by atoms with Crippen LogP contribution >= 0.6 is 11.6 Å². The van der Waals surface area contributed by atoms with E-state index in [0.29, 0.717) is 12.5 Å². The Morgan fingerprint density at radius 1 is 1.42 bits per heavy atom. The normalized spacial score (nSPS) is 18.1. The van der Waals surface area contributed by atoms with Crippen molar-refractivity contribution in [1.82, 2.24) is 10.2 Å². The van der Waals surface area contributed by atoms with Crippen LogP contribution in [0, 0.1) is 5.92 Å². The van der Waals surface area contributed by atoms with E-state index in [4.69, 9.17) is 26.1 Å². The summed E-state index contributed by atoms with van der Waals surface area (Å²) >= 11 is 6.30. The molecule has 1 aliphatic heterocycles. The van der Waals surface area contributed by atoms with Crippen LogP contribution in [0.25, 0.3) is 0 Å². The number of halogens is 1. The van der Waals surface area contributed by atoms with Gasteiger partial charge in [-0.05, 0) is 37.5 Å². The third-order valence-corrected chi connectivity index (χ3v) is 4.58. The highest BCUT2D eigenvalue weighted by Crippen LogP contribution is 2.23. The van der Waals surface area contributed by atoms with Gasteiger partial charge in [-0.15, -0.1) is 0 Å². The predicted molar refractivity (Wildman–Crippen MR) is 99.2 cm³/mol. The first-order valence-corrected chi connectivity index (χ1v) is 8.90. The number of methoxy groups -OCH3 is 2. The molecule has 134 valence electrons. The lowest BCUT2D eigenvalue weighted by molar-refractivity contribution is 0.157. The fourth-order valence-corrected chi connectivity index (χ4v) is 3.23. The average Bonchev–Trinajstić information content (AvgIpc) is 3.04. The van der Waals surface area contributed by atoms with Gasteiger partial charge in [-0.3, -0.25) is 4.99 Å². The molecule has 0 bridgehead atoms. The maximum absolute atomic E-state index is 6.30. The van der Waals surface area contributed by atoms with E-state index in [1.807, 2.05) is 18.2 Å². The van der Waals surface area contributed by atoms with Gasteiger partial charge in [-0.2, -0.15) is 0 Å². The first kappa shape index (κ1) is 18.9. The lowest BCUT2D eigenvalue weighted by Crippen LogP contribution is -2.40. The van der Waals surface area contributed by atoms with Crippen LogP contribution in [0.5, 0.6) is 5.75 Å². The molecule has 1 aromatic carbocycles. The van der Waals surface area contributed by atoms with Crippen molar-refractivity contribution < 1.29 is 9.47 Å². The van der Waals surface area contributed by atoms with Crippen LogP contribution in [0.1, 0.15) is 18.9 Å². The molecule has 0 radical (unpaired) electrons. The molecule has 1 unspecified atom stereocenters. The van der Waals surface area contributed by atoms with E-state index in [1.54, 1.807) is 14.2 Å². The van der Waals surface area contributed by atoms with E-state index in [9.17, 15) is 0 Å². The minimum Gasteiger partial charge on any atom is -0.497 e. The van der Waals surface area contributed by atoms with Crippen molar-refractivity contribution in [3.05, 3.63) is 28.8 Å². The second-order valence-electron chi connectivity index (χ2n) is 6.00. The van der Waals surface area contributed by atoms with Gasteiger partial charge >= 0.3 is 0 Å². The van der Waals surface area contributed by atoms with Gasteiger partial charge in [0, 0.05) is 44.2 Å². The Kier molecular flexibility index (Phi) is 7.66. The number of nitrogens with zero attached hydrogens (tertiary/aromatic N) is 2. The van der Waals surface area contributed by atoms with Crippen molar-refractivity contribution in [2.75, 3.05) is 47.0 Å². The maximum Gasteiger partial charge on any atom is 0.193 e. The Labute approximate surface area is 150 Å². The van der Waals surface area contributed by atoms with E-state index in [1.165, 1.54) is 0 Å². The second kappa shape index (κ2) is 9.74. The number of aliphatic imine (C=N–C) groups is 1. The van der Waals surface area contributed by atoms with Crippen LogP contribution in [-0.2, 0) is 11.2 Å². The number of rotatable bonds is 7. The standard InChI is InChI=1S/C18H28ClN3O2/c1-4-20-18(22-10-8-14(12-22)13-23-2)21-9-7-15-5-6-16(24-3)11-17(15)19/h5-6,11,14H,4,7-10,12-13H2,1-3H3,(H,20,21). The minimum atomic E-state index is 0.592. The molecule has 5 nitrogen and oxygen atoms in total. The van der Waals surface area contributed by atoms with Crippen LogP contribution in [0.4, 0.5) is 0 Å². The number of guanidine groups is 1. The highest BCUT2D eigenvalue weighted by atomic mass is 35.5. The molecule has 2 rings (SSSR count). The summed E-state index contributed by atoms with van der Waals surface area (Å²) < 4.78 is 10.5. The maximum atomic E-state index is 6.30. The van der Waals surface area contributed by atoms with Crippen LogP contribution in [0.3, 0.4) is 0 Å². The van der Waals surface area contributed by atoms with E-state index in [0.717, 1.165) is 61.4 Å². The van der Waals surface area contributed by atoms with E-state index in [2.05, 4.69) is 17.1 Å². The van der Waals surface area contributed by atoms with Crippen molar-refractivity contribution in [2.24, 2.45) is 10.9 Å². The van der Waals surface area contributed by atoms with E-state index < -0.39 is 0 Å². The summed E-state index contributed by atoms with van der Waals surface area (Å²) in [4.78, 5) is 7.09. The molecule has 0 spiro atoms. The lowest BCUT2D eigenvalue weighted by Gasteiger charge is -2.21.